The van der Waals surface area contributed by atoms with Gasteiger partial charge < -0.3 is 4.57 Å². The predicted molar refractivity (Wildman–Crippen MR) is 190 cm³/mol. The highest BCUT2D eigenvalue weighted by atomic mass is 79.9. The summed E-state index contributed by atoms with van der Waals surface area (Å²) in [7, 11) is 0. The average Bonchev–Trinajstić information content (AvgIpc) is 3.70. The summed E-state index contributed by atoms with van der Waals surface area (Å²) in [6, 6.07) is 58.2. The van der Waals surface area contributed by atoms with Crippen LogP contribution in [0.15, 0.2) is 162 Å². The summed E-state index contributed by atoms with van der Waals surface area (Å²) in [5.41, 5.74) is 16.4. The third kappa shape index (κ3) is 3.17. The Morgan fingerprint density at radius 3 is 1.76 bits per heavy atom. The van der Waals surface area contributed by atoms with Gasteiger partial charge in [-0.25, -0.2) is 0 Å². The molecule has 0 bridgehead atoms. The standard InChI is InChI=1S/C43H26BrN/c44-38-20-10-11-21-40(38)45-39-25-22-28(27-12-2-1-3-13-27)26-33(39)31-23-24-37-41(42(31)45)32-16-6-9-19-36(32)43(37)34-17-7-4-14-29(34)30-15-5-8-18-35(30)43/h1-26H. The van der Waals surface area contributed by atoms with Crippen molar-refractivity contribution in [2.24, 2.45) is 0 Å². The van der Waals surface area contributed by atoms with Gasteiger partial charge in [0.25, 0.3) is 0 Å². The van der Waals surface area contributed by atoms with Gasteiger partial charge in [0.15, 0.2) is 0 Å². The molecule has 0 saturated carbocycles. The first-order valence-corrected chi connectivity index (χ1v) is 16.3. The molecule has 0 unspecified atom stereocenters. The fourth-order valence-electron chi connectivity index (χ4n) is 8.38. The van der Waals surface area contributed by atoms with Gasteiger partial charge in [0, 0.05) is 20.8 Å². The smallest absolute Gasteiger partial charge is 0.0726 e. The molecule has 0 saturated heterocycles. The van der Waals surface area contributed by atoms with Crippen molar-refractivity contribution in [3.8, 4) is 39.1 Å². The van der Waals surface area contributed by atoms with Gasteiger partial charge in [-0.1, -0.05) is 133 Å². The summed E-state index contributed by atoms with van der Waals surface area (Å²) in [4.78, 5) is 0. The van der Waals surface area contributed by atoms with Crippen LogP contribution in [0.3, 0.4) is 0 Å². The van der Waals surface area contributed by atoms with E-state index in [0.717, 1.165) is 10.2 Å². The molecule has 2 heteroatoms. The second-order valence-corrected chi connectivity index (χ2v) is 13.0. The number of fused-ring (bicyclic) bond motifs is 14. The third-order valence-electron chi connectivity index (χ3n) is 10.1. The first-order chi connectivity index (χ1) is 22.3. The molecule has 0 N–H and O–H groups in total. The number of hydrogen-bond acceptors (Lipinski definition) is 0. The maximum Gasteiger partial charge on any atom is 0.0726 e. The number of nitrogens with zero attached hydrogens (tertiary/aromatic N) is 1. The molecule has 1 spiro atoms. The lowest BCUT2D eigenvalue weighted by molar-refractivity contribution is 0.794. The highest BCUT2D eigenvalue weighted by Crippen LogP contribution is 2.64. The zero-order valence-electron chi connectivity index (χ0n) is 24.3. The zero-order chi connectivity index (χ0) is 29.7. The molecular weight excluding hydrogens is 610 g/mol. The van der Waals surface area contributed by atoms with Gasteiger partial charge in [0.05, 0.1) is 22.1 Å². The maximum atomic E-state index is 3.93. The number of hydrogen-bond donors (Lipinski definition) is 0. The normalized spacial score (nSPS) is 13.6. The zero-order valence-corrected chi connectivity index (χ0v) is 25.9. The number of para-hydroxylation sites is 1. The molecule has 0 radical (unpaired) electrons. The van der Waals surface area contributed by atoms with E-state index in [4.69, 9.17) is 0 Å². The highest BCUT2D eigenvalue weighted by molar-refractivity contribution is 9.10. The Hall–Kier alpha value is -5.18. The first-order valence-electron chi connectivity index (χ1n) is 15.5. The Morgan fingerprint density at radius 1 is 0.444 bits per heavy atom. The van der Waals surface area contributed by atoms with Crippen LogP contribution in [0.25, 0.3) is 60.9 Å². The minimum absolute atomic E-state index is 0.377. The molecule has 210 valence electrons. The predicted octanol–water partition coefficient (Wildman–Crippen LogP) is 11.6. The van der Waals surface area contributed by atoms with E-state index in [1.807, 2.05) is 0 Å². The maximum absolute atomic E-state index is 3.93. The lowest BCUT2D eigenvalue weighted by Gasteiger charge is -2.30. The molecule has 0 amide bonds. The lowest BCUT2D eigenvalue weighted by atomic mass is 9.70. The van der Waals surface area contributed by atoms with Crippen molar-refractivity contribution in [3.63, 3.8) is 0 Å². The highest BCUT2D eigenvalue weighted by Gasteiger charge is 2.52. The van der Waals surface area contributed by atoms with E-state index in [-0.39, 0.29) is 5.41 Å². The van der Waals surface area contributed by atoms with Crippen molar-refractivity contribution < 1.29 is 0 Å². The van der Waals surface area contributed by atoms with Gasteiger partial charge in [0.2, 0.25) is 0 Å². The Kier molecular flexibility index (Phi) is 5.13. The molecule has 45 heavy (non-hydrogen) atoms. The summed E-state index contributed by atoms with van der Waals surface area (Å²) in [6.07, 6.45) is 0. The van der Waals surface area contributed by atoms with Crippen LogP contribution in [0.1, 0.15) is 22.3 Å². The van der Waals surface area contributed by atoms with Gasteiger partial charge in [-0.05, 0) is 90.3 Å². The topological polar surface area (TPSA) is 4.93 Å². The minimum Gasteiger partial charge on any atom is -0.307 e. The van der Waals surface area contributed by atoms with Gasteiger partial charge in [-0.15, -0.1) is 0 Å². The van der Waals surface area contributed by atoms with Crippen LogP contribution in [0, 0.1) is 0 Å². The third-order valence-corrected chi connectivity index (χ3v) is 10.8. The van der Waals surface area contributed by atoms with Gasteiger partial charge >= 0.3 is 0 Å². The van der Waals surface area contributed by atoms with E-state index in [1.165, 1.54) is 77.4 Å². The number of benzene rings is 7. The van der Waals surface area contributed by atoms with Crippen molar-refractivity contribution in [1.29, 1.82) is 0 Å². The van der Waals surface area contributed by atoms with Crippen LogP contribution in [0.5, 0.6) is 0 Å². The second-order valence-electron chi connectivity index (χ2n) is 12.2. The molecule has 1 heterocycles. The molecule has 8 aromatic rings. The fraction of sp³-hybridized carbons (Fsp3) is 0.0233. The summed E-state index contributed by atoms with van der Waals surface area (Å²) in [5, 5.41) is 2.53. The van der Waals surface area contributed by atoms with Crippen molar-refractivity contribution in [3.05, 3.63) is 184 Å². The molecule has 1 aromatic heterocycles. The van der Waals surface area contributed by atoms with Gasteiger partial charge in [-0.2, -0.15) is 0 Å². The molecular formula is C43H26BrN. The van der Waals surface area contributed by atoms with E-state index in [1.54, 1.807) is 0 Å². The SMILES string of the molecule is Brc1ccccc1-n1c2ccc(-c3ccccc3)cc2c2ccc3c(c21)-c1ccccc1C31c2ccccc2-c2ccccc21. The number of halogens is 1. The second kappa shape index (κ2) is 9.17. The summed E-state index contributed by atoms with van der Waals surface area (Å²) in [5.74, 6) is 0. The summed E-state index contributed by atoms with van der Waals surface area (Å²) < 4.78 is 3.57. The molecule has 7 aromatic carbocycles. The fourth-order valence-corrected chi connectivity index (χ4v) is 8.84. The van der Waals surface area contributed by atoms with Crippen molar-refractivity contribution in [2.45, 2.75) is 5.41 Å². The lowest BCUT2D eigenvalue weighted by Crippen LogP contribution is -2.25. The molecule has 0 fully saturated rings. The van der Waals surface area contributed by atoms with Crippen LogP contribution in [-0.4, -0.2) is 4.57 Å². The molecule has 0 aliphatic heterocycles. The molecule has 1 nitrogen and oxygen atoms in total. The number of rotatable bonds is 2. The van der Waals surface area contributed by atoms with Crippen LogP contribution >= 0.6 is 15.9 Å². The van der Waals surface area contributed by atoms with Gasteiger partial charge in [0.1, 0.15) is 0 Å². The van der Waals surface area contributed by atoms with Crippen LogP contribution in [0.2, 0.25) is 0 Å². The summed E-state index contributed by atoms with van der Waals surface area (Å²) >= 11 is 3.93. The van der Waals surface area contributed by atoms with Crippen LogP contribution in [0.4, 0.5) is 0 Å². The van der Waals surface area contributed by atoms with E-state index in [0.29, 0.717) is 0 Å². The Bertz CT molecular complexity index is 2460. The minimum atomic E-state index is -0.377. The van der Waals surface area contributed by atoms with Crippen LogP contribution in [-0.2, 0) is 5.41 Å². The molecule has 2 aliphatic rings. The quantitative estimate of drug-likeness (QED) is 0.178. The van der Waals surface area contributed by atoms with Crippen molar-refractivity contribution in [1.82, 2.24) is 4.57 Å². The van der Waals surface area contributed by atoms with E-state index < -0.39 is 0 Å². The first kappa shape index (κ1) is 25.2. The van der Waals surface area contributed by atoms with E-state index in [9.17, 15) is 0 Å². The van der Waals surface area contributed by atoms with E-state index >= 15 is 0 Å². The van der Waals surface area contributed by atoms with Crippen molar-refractivity contribution >= 4 is 37.7 Å². The largest absolute Gasteiger partial charge is 0.307 e. The number of aromatic nitrogens is 1. The Balaban J connectivity index is 1.41. The Morgan fingerprint density at radius 2 is 1.04 bits per heavy atom. The molecule has 10 rings (SSSR count). The Labute approximate surface area is 270 Å². The van der Waals surface area contributed by atoms with Crippen LogP contribution < -0.4 is 0 Å². The summed E-state index contributed by atoms with van der Waals surface area (Å²) in [6.45, 7) is 0. The molecule has 0 atom stereocenters. The molecule has 2 aliphatic carbocycles. The average molecular weight is 637 g/mol. The van der Waals surface area contributed by atoms with Crippen molar-refractivity contribution in [2.75, 3.05) is 0 Å². The van der Waals surface area contributed by atoms with E-state index in [2.05, 4.69) is 178 Å². The van der Waals surface area contributed by atoms with Gasteiger partial charge in [-0.3, -0.25) is 0 Å². The monoisotopic (exact) mass is 635 g/mol.